The van der Waals surface area contributed by atoms with Crippen molar-refractivity contribution in [2.75, 3.05) is 0 Å². The van der Waals surface area contributed by atoms with Crippen LogP contribution in [0.1, 0.15) is 0 Å². The van der Waals surface area contributed by atoms with E-state index in [0.717, 1.165) is 55.4 Å². The minimum absolute atomic E-state index is 0.616. The molecule has 0 aliphatic carbocycles. The van der Waals surface area contributed by atoms with Gasteiger partial charge >= 0.3 is 0 Å². The molecule has 0 bridgehead atoms. The van der Waals surface area contributed by atoms with Crippen LogP contribution in [0.2, 0.25) is 0 Å². The van der Waals surface area contributed by atoms with Crippen molar-refractivity contribution in [3.63, 3.8) is 0 Å². The third-order valence-electron chi connectivity index (χ3n) is 11.8. The second kappa shape index (κ2) is 13.8. The van der Waals surface area contributed by atoms with Gasteiger partial charge in [0.2, 0.25) is 0 Å². The summed E-state index contributed by atoms with van der Waals surface area (Å²) in [4.78, 5) is 15.7. The summed E-state index contributed by atoms with van der Waals surface area (Å²) in [6.45, 7) is 0. The Labute approximate surface area is 346 Å². The normalized spacial score (nSPS) is 11.7. The molecule has 5 heteroatoms. The molecule has 0 aliphatic heterocycles. The summed E-state index contributed by atoms with van der Waals surface area (Å²) < 4.78 is 4.69. The Balaban J connectivity index is 1.04. The minimum atomic E-state index is 0.616. The first-order chi connectivity index (χ1) is 29.7. The predicted octanol–water partition coefficient (Wildman–Crippen LogP) is 13.9. The molecule has 0 unspecified atom stereocenters. The maximum absolute atomic E-state index is 5.29. The lowest BCUT2D eigenvalue weighted by Crippen LogP contribution is -2.01. The van der Waals surface area contributed by atoms with Gasteiger partial charge in [0, 0.05) is 49.6 Å². The van der Waals surface area contributed by atoms with Gasteiger partial charge in [0.1, 0.15) is 0 Å². The number of benzene rings is 9. The van der Waals surface area contributed by atoms with Crippen molar-refractivity contribution in [2.45, 2.75) is 0 Å². The van der Waals surface area contributed by atoms with Crippen molar-refractivity contribution < 1.29 is 0 Å². The Morgan fingerprint density at radius 2 is 0.767 bits per heavy atom. The molecular weight excluding hydrogens is 731 g/mol. The van der Waals surface area contributed by atoms with Crippen molar-refractivity contribution in [3.05, 3.63) is 212 Å². The molecule has 0 amide bonds. The summed E-state index contributed by atoms with van der Waals surface area (Å²) in [5.74, 6) is 1.87. The number of para-hydroxylation sites is 3. The van der Waals surface area contributed by atoms with Crippen LogP contribution in [0.15, 0.2) is 212 Å². The molecule has 12 rings (SSSR count). The van der Waals surface area contributed by atoms with Gasteiger partial charge in [-0.2, -0.15) is 0 Å². The highest BCUT2D eigenvalue weighted by atomic mass is 15.0. The zero-order chi connectivity index (χ0) is 39.6. The quantitative estimate of drug-likeness (QED) is 0.169. The Bertz CT molecular complexity index is 3570. The van der Waals surface area contributed by atoms with Crippen molar-refractivity contribution in [1.29, 1.82) is 0 Å². The summed E-state index contributed by atoms with van der Waals surface area (Å²) in [5, 5.41) is 7.17. The number of hydrogen-bond donors (Lipinski definition) is 0. The lowest BCUT2D eigenvalue weighted by molar-refractivity contribution is 1.07. The van der Waals surface area contributed by atoms with Crippen molar-refractivity contribution in [2.24, 2.45) is 0 Å². The van der Waals surface area contributed by atoms with Crippen LogP contribution in [0.25, 0.3) is 111 Å². The molecule has 0 fully saturated rings. The second-order valence-electron chi connectivity index (χ2n) is 15.3. The number of aromatic nitrogens is 5. The van der Waals surface area contributed by atoms with Gasteiger partial charge in [-0.25, -0.2) is 15.0 Å². The molecule has 3 aromatic heterocycles. The van der Waals surface area contributed by atoms with Crippen LogP contribution in [-0.4, -0.2) is 24.1 Å². The first kappa shape index (κ1) is 33.9. The summed E-state index contributed by atoms with van der Waals surface area (Å²) in [6.07, 6.45) is 0. The monoisotopic (exact) mass is 765 g/mol. The van der Waals surface area contributed by atoms with Gasteiger partial charge in [-0.3, -0.25) is 0 Å². The topological polar surface area (TPSA) is 48.5 Å². The van der Waals surface area contributed by atoms with Crippen molar-refractivity contribution in [3.8, 4) is 56.7 Å². The van der Waals surface area contributed by atoms with E-state index >= 15 is 0 Å². The van der Waals surface area contributed by atoms with Crippen LogP contribution in [0, 0.1) is 0 Å². The lowest BCUT2D eigenvalue weighted by atomic mass is 10.0. The Morgan fingerprint density at radius 3 is 1.48 bits per heavy atom. The second-order valence-corrected chi connectivity index (χ2v) is 15.3. The first-order valence-corrected chi connectivity index (χ1v) is 20.3. The molecule has 5 nitrogen and oxygen atoms in total. The largest absolute Gasteiger partial charge is 0.309 e. The van der Waals surface area contributed by atoms with Crippen LogP contribution in [0.4, 0.5) is 0 Å². The number of fused-ring (bicyclic) bond motifs is 7. The molecule has 0 radical (unpaired) electrons. The summed E-state index contributed by atoms with van der Waals surface area (Å²) in [5.41, 5.74) is 11.8. The highest BCUT2D eigenvalue weighted by Gasteiger charge is 2.20. The fourth-order valence-corrected chi connectivity index (χ4v) is 8.95. The third-order valence-corrected chi connectivity index (χ3v) is 11.8. The molecule has 0 N–H and O–H groups in total. The average Bonchev–Trinajstić information content (AvgIpc) is 3.84. The van der Waals surface area contributed by atoms with Gasteiger partial charge in [0.15, 0.2) is 17.5 Å². The van der Waals surface area contributed by atoms with E-state index in [9.17, 15) is 0 Å². The molecule has 0 spiro atoms. The molecule has 0 aliphatic rings. The lowest BCUT2D eigenvalue weighted by Gasteiger charge is -2.12. The van der Waals surface area contributed by atoms with Crippen LogP contribution < -0.4 is 0 Å². The highest BCUT2D eigenvalue weighted by molar-refractivity contribution is 6.16. The first-order valence-electron chi connectivity index (χ1n) is 20.3. The number of nitrogens with zero attached hydrogens (tertiary/aromatic N) is 5. The van der Waals surface area contributed by atoms with Gasteiger partial charge in [-0.15, -0.1) is 0 Å². The molecule has 0 saturated carbocycles. The average molecular weight is 766 g/mol. The van der Waals surface area contributed by atoms with E-state index < -0.39 is 0 Å². The van der Waals surface area contributed by atoms with Crippen LogP contribution in [-0.2, 0) is 0 Å². The molecule has 60 heavy (non-hydrogen) atoms. The number of rotatable bonds is 6. The standard InChI is InChI=1S/C55H35N5/c1-3-14-36(15-4-1)37-26-28-38(29-27-37)53-56-54(58-55(57-53)46-22-13-25-50-52(46)45-21-10-12-24-49(45)59(50)42-18-5-2-6-19-42)39-30-32-43(33-31-39)60-48-23-11-9-20-44(48)47-34-40-16-7-8-17-41(40)35-51(47)60/h1-35H. The highest BCUT2D eigenvalue weighted by Crippen LogP contribution is 2.39. The maximum atomic E-state index is 5.29. The van der Waals surface area contributed by atoms with E-state index in [-0.39, 0.29) is 0 Å². The molecule has 0 atom stereocenters. The predicted molar refractivity (Wildman–Crippen MR) is 248 cm³/mol. The third kappa shape index (κ3) is 5.52. The fourth-order valence-electron chi connectivity index (χ4n) is 8.95. The van der Waals surface area contributed by atoms with E-state index in [1.807, 2.05) is 6.07 Å². The Morgan fingerprint density at radius 1 is 0.283 bits per heavy atom. The van der Waals surface area contributed by atoms with Crippen LogP contribution in [0.5, 0.6) is 0 Å². The van der Waals surface area contributed by atoms with E-state index in [0.29, 0.717) is 17.5 Å². The number of hydrogen-bond acceptors (Lipinski definition) is 3. The Kier molecular flexibility index (Phi) is 7.78. The summed E-state index contributed by atoms with van der Waals surface area (Å²) in [7, 11) is 0. The van der Waals surface area contributed by atoms with Crippen LogP contribution >= 0.6 is 0 Å². The van der Waals surface area contributed by atoms with E-state index in [1.165, 1.54) is 38.1 Å². The van der Waals surface area contributed by atoms with Crippen molar-refractivity contribution >= 4 is 54.4 Å². The molecular formula is C55H35N5. The molecule has 9 aromatic carbocycles. The van der Waals surface area contributed by atoms with Gasteiger partial charge in [0.05, 0.1) is 22.1 Å². The minimum Gasteiger partial charge on any atom is -0.309 e. The SMILES string of the molecule is c1ccc(-c2ccc(-c3nc(-c4ccc(-n5c6ccccc6c6cc7ccccc7cc65)cc4)nc(-c4cccc5c4c4ccccc4n5-c4ccccc4)n3)cc2)cc1. The molecule has 0 saturated heterocycles. The van der Waals surface area contributed by atoms with E-state index in [4.69, 9.17) is 15.0 Å². The van der Waals surface area contributed by atoms with Gasteiger partial charge in [-0.05, 0) is 88.6 Å². The van der Waals surface area contributed by atoms with Gasteiger partial charge < -0.3 is 9.13 Å². The summed E-state index contributed by atoms with van der Waals surface area (Å²) >= 11 is 0. The maximum Gasteiger partial charge on any atom is 0.164 e. The molecule has 3 heterocycles. The Hall–Kier alpha value is -8.15. The molecule has 280 valence electrons. The smallest absolute Gasteiger partial charge is 0.164 e. The van der Waals surface area contributed by atoms with Crippen molar-refractivity contribution in [1.82, 2.24) is 24.1 Å². The zero-order valence-corrected chi connectivity index (χ0v) is 32.4. The molecule has 12 aromatic rings. The van der Waals surface area contributed by atoms with Gasteiger partial charge in [0.25, 0.3) is 0 Å². The fraction of sp³-hybridized carbons (Fsp3) is 0. The van der Waals surface area contributed by atoms with E-state index in [2.05, 4.69) is 215 Å². The van der Waals surface area contributed by atoms with Crippen LogP contribution in [0.3, 0.4) is 0 Å². The van der Waals surface area contributed by atoms with Gasteiger partial charge in [-0.1, -0.05) is 146 Å². The van der Waals surface area contributed by atoms with E-state index in [1.54, 1.807) is 0 Å². The summed E-state index contributed by atoms with van der Waals surface area (Å²) in [6, 6.07) is 75.0. The zero-order valence-electron chi connectivity index (χ0n) is 32.4.